The summed E-state index contributed by atoms with van der Waals surface area (Å²) in [6.45, 7) is 4.61. The van der Waals surface area contributed by atoms with Crippen molar-refractivity contribution in [1.82, 2.24) is 15.0 Å². The molecule has 0 unspecified atom stereocenters. The summed E-state index contributed by atoms with van der Waals surface area (Å²) in [6.07, 6.45) is 0. The number of nitrogens with zero attached hydrogens (tertiary/aromatic N) is 3. The second kappa shape index (κ2) is 10.3. The average Bonchev–Trinajstić information content (AvgIpc) is 3.60. The Bertz CT molecular complexity index is 2440. The van der Waals surface area contributed by atoms with Crippen LogP contribution in [0.3, 0.4) is 0 Å². The lowest BCUT2D eigenvalue weighted by Crippen LogP contribution is -2.17. The predicted molar refractivity (Wildman–Crippen MR) is 192 cm³/mol. The maximum atomic E-state index is 5.21. The third kappa shape index (κ3) is 4.14. The first-order valence-corrected chi connectivity index (χ1v) is 16.4. The van der Waals surface area contributed by atoms with Gasteiger partial charge in [0.1, 0.15) is 0 Å². The zero-order valence-corrected chi connectivity index (χ0v) is 26.3. The van der Waals surface area contributed by atoms with Gasteiger partial charge in [-0.3, -0.25) is 0 Å². The first-order valence-electron chi connectivity index (χ1n) is 15.6. The summed E-state index contributed by atoms with van der Waals surface area (Å²) in [5.41, 5.74) is 10.4. The number of aromatic nitrogens is 3. The Balaban J connectivity index is 1.25. The van der Waals surface area contributed by atoms with Gasteiger partial charge in [0.25, 0.3) is 0 Å². The molecule has 0 aliphatic heterocycles. The standard InChI is InChI=1S/C42H29N3S/c1-42(2)34-21-10-9-17-30(34)31-19-11-20-33(38(31)42)41-44-39(27-15-7-4-8-16-27)43-40(45-41)28-23-24-32-36(25-28)46-35-22-12-18-29(37(32)35)26-13-5-3-6-14-26/h3-25H,1-2H3. The maximum Gasteiger partial charge on any atom is 0.164 e. The molecule has 6 aromatic carbocycles. The van der Waals surface area contributed by atoms with E-state index in [1.165, 1.54) is 53.6 Å². The van der Waals surface area contributed by atoms with Gasteiger partial charge in [0.05, 0.1) is 0 Å². The van der Waals surface area contributed by atoms with Gasteiger partial charge in [0.15, 0.2) is 17.5 Å². The highest BCUT2D eigenvalue weighted by Gasteiger charge is 2.38. The first kappa shape index (κ1) is 26.9. The van der Waals surface area contributed by atoms with Crippen molar-refractivity contribution < 1.29 is 0 Å². The molecule has 2 aromatic heterocycles. The average molecular weight is 608 g/mol. The zero-order valence-electron chi connectivity index (χ0n) is 25.5. The van der Waals surface area contributed by atoms with Gasteiger partial charge in [-0.2, -0.15) is 0 Å². The Morgan fingerprint density at radius 3 is 1.87 bits per heavy atom. The summed E-state index contributed by atoms with van der Waals surface area (Å²) in [4.78, 5) is 15.4. The Morgan fingerprint density at radius 2 is 1.07 bits per heavy atom. The molecule has 9 rings (SSSR count). The highest BCUT2D eigenvalue weighted by atomic mass is 32.1. The van der Waals surface area contributed by atoms with E-state index in [2.05, 4.69) is 135 Å². The minimum Gasteiger partial charge on any atom is -0.208 e. The maximum absolute atomic E-state index is 5.21. The van der Waals surface area contributed by atoms with Crippen molar-refractivity contribution in [1.29, 1.82) is 0 Å². The lowest BCUT2D eigenvalue weighted by atomic mass is 9.80. The first-order chi connectivity index (χ1) is 22.6. The van der Waals surface area contributed by atoms with Gasteiger partial charge in [0, 0.05) is 42.3 Å². The van der Waals surface area contributed by atoms with Crippen molar-refractivity contribution >= 4 is 31.5 Å². The van der Waals surface area contributed by atoms with E-state index in [4.69, 9.17) is 15.0 Å². The highest BCUT2D eigenvalue weighted by Crippen LogP contribution is 2.51. The van der Waals surface area contributed by atoms with Crippen LogP contribution in [0.5, 0.6) is 0 Å². The van der Waals surface area contributed by atoms with Gasteiger partial charge in [-0.1, -0.05) is 141 Å². The molecule has 0 N–H and O–H groups in total. The quantitative estimate of drug-likeness (QED) is 0.200. The molecule has 2 heterocycles. The third-order valence-electron chi connectivity index (χ3n) is 9.33. The van der Waals surface area contributed by atoms with E-state index in [0.717, 1.165) is 16.7 Å². The van der Waals surface area contributed by atoms with Gasteiger partial charge in [-0.25, -0.2) is 15.0 Å². The molecule has 4 heteroatoms. The Kier molecular flexibility index (Phi) is 6.02. The van der Waals surface area contributed by atoms with Gasteiger partial charge < -0.3 is 0 Å². The van der Waals surface area contributed by atoms with Gasteiger partial charge >= 0.3 is 0 Å². The van der Waals surface area contributed by atoms with E-state index in [-0.39, 0.29) is 5.41 Å². The van der Waals surface area contributed by atoms with Crippen LogP contribution in [0, 0.1) is 0 Å². The lowest BCUT2D eigenvalue weighted by molar-refractivity contribution is 0.661. The molecule has 0 spiro atoms. The molecule has 0 saturated carbocycles. The fourth-order valence-corrected chi connectivity index (χ4v) is 8.37. The highest BCUT2D eigenvalue weighted by molar-refractivity contribution is 7.26. The van der Waals surface area contributed by atoms with Crippen LogP contribution in [0.1, 0.15) is 25.0 Å². The normalized spacial score (nSPS) is 13.2. The van der Waals surface area contributed by atoms with Crippen LogP contribution in [0.2, 0.25) is 0 Å². The minimum atomic E-state index is -0.186. The van der Waals surface area contributed by atoms with E-state index in [1.807, 2.05) is 29.5 Å². The molecular weight excluding hydrogens is 579 g/mol. The molecule has 0 atom stereocenters. The molecule has 218 valence electrons. The minimum absolute atomic E-state index is 0.186. The summed E-state index contributed by atoms with van der Waals surface area (Å²) in [5, 5.41) is 2.55. The molecular formula is C42H29N3S. The van der Waals surface area contributed by atoms with Crippen LogP contribution in [0.4, 0.5) is 0 Å². The van der Waals surface area contributed by atoms with Crippen LogP contribution >= 0.6 is 11.3 Å². The van der Waals surface area contributed by atoms with Crippen molar-refractivity contribution in [2.75, 3.05) is 0 Å². The molecule has 1 aliphatic rings. The number of thiophene rings is 1. The van der Waals surface area contributed by atoms with Crippen LogP contribution in [0.15, 0.2) is 140 Å². The Morgan fingerprint density at radius 1 is 0.457 bits per heavy atom. The number of fused-ring (bicyclic) bond motifs is 6. The number of hydrogen-bond donors (Lipinski definition) is 0. The smallest absolute Gasteiger partial charge is 0.164 e. The third-order valence-corrected chi connectivity index (χ3v) is 10.4. The number of hydrogen-bond acceptors (Lipinski definition) is 4. The van der Waals surface area contributed by atoms with E-state index in [9.17, 15) is 0 Å². The SMILES string of the molecule is CC1(C)c2ccccc2-c2cccc(-c3nc(-c4ccccc4)nc(-c4ccc5c(c4)sc4cccc(-c6ccccc6)c45)n3)c21. The summed E-state index contributed by atoms with van der Waals surface area (Å²) in [7, 11) is 0. The van der Waals surface area contributed by atoms with Crippen LogP contribution in [-0.2, 0) is 5.41 Å². The molecule has 0 radical (unpaired) electrons. The van der Waals surface area contributed by atoms with Crippen LogP contribution < -0.4 is 0 Å². The monoisotopic (exact) mass is 607 g/mol. The molecule has 0 bridgehead atoms. The van der Waals surface area contributed by atoms with Gasteiger partial charge in [0.2, 0.25) is 0 Å². The lowest BCUT2D eigenvalue weighted by Gasteiger charge is -2.24. The number of rotatable bonds is 4. The topological polar surface area (TPSA) is 38.7 Å². The summed E-state index contributed by atoms with van der Waals surface area (Å²) in [5.74, 6) is 2.05. The van der Waals surface area contributed by atoms with Crippen molar-refractivity contribution in [2.45, 2.75) is 19.3 Å². The fraction of sp³-hybridized carbons (Fsp3) is 0.0714. The van der Waals surface area contributed by atoms with E-state index >= 15 is 0 Å². The Hall–Kier alpha value is -5.45. The zero-order chi connectivity index (χ0) is 30.8. The molecule has 8 aromatic rings. The molecule has 3 nitrogen and oxygen atoms in total. The van der Waals surface area contributed by atoms with Crippen LogP contribution in [0.25, 0.3) is 76.6 Å². The van der Waals surface area contributed by atoms with E-state index in [1.54, 1.807) is 0 Å². The summed E-state index contributed by atoms with van der Waals surface area (Å²) >= 11 is 1.82. The predicted octanol–water partition coefficient (Wildman–Crippen LogP) is 11.2. The Labute approximate surface area is 271 Å². The molecule has 46 heavy (non-hydrogen) atoms. The van der Waals surface area contributed by atoms with E-state index < -0.39 is 0 Å². The molecule has 0 fully saturated rings. The van der Waals surface area contributed by atoms with Gasteiger partial charge in [-0.15, -0.1) is 11.3 Å². The number of benzene rings is 6. The van der Waals surface area contributed by atoms with Crippen molar-refractivity contribution in [3.05, 3.63) is 151 Å². The second-order valence-corrected chi connectivity index (χ2v) is 13.5. The van der Waals surface area contributed by atoms with Crippen molar-refractivity contribution in [3.8, 4) is 56.4 Å². The molecule has 0 saturated heterocycles. The second-order valence-electron chi connectivity index (χ2n) is 12.4. The molecule has 0 amide bonds. The summed E-state index contributed by atoms with van der Waals surface area (Å²) in [6, 6.07) is 49.4. The van der Waals surface area contributed by atoms with E-state index in [0.29, 0.717) is 17.5 Å². The van der Waals surface area contributed by atoms with Crippen LogP contribution in [-0.4, -0.2) is 15.0 Å². The fourth-order valence-electron chi connectivity index (χ4n) is 7.20. The largest absolute Gasteiger partial charge is 0.208 e. The van der Waals surface area contributed by atoms with Gasteiger partial charge in [-0.05, 0) is 45.5 Å². The summed E-state index contributed by atoms with van der Waals surface area (Å²) < 4.78 is 2.49. The van der Waals surface area contributed by atoms with Crippen molar-refractivity contribution in [2.24, 2.45) is 0 Å². The van der Waals surface area contributed by atoms with Crippen molar-refractivity contribution in [3.63, 3.8) is 0 Å². The molecule has 1 aliphatic carbocycles.